The van der Waals surface area contributed by atoms with Crippen LogP contribution in [0.1, 0.15) is 12.5 Å². The van der Waals surface area contributed by atoms with Crippen LogP contribution in [0.5, 0.6) is 5.75 Å². The Morgan fingerprint density at radius 1 is 1.00 bits per heavy atom. The fourth-order valence-electron chi connectivity index (χ4n) is 3.37. The zero-order valence-corrected chi connectivity index (χ0v) is 15.6. The molecule has 4 rings (SSSR count). The first-order valence-corrected chi connectivity index (χ1v) is 9.27. The molecule has 0 saturated heterocycles. The van der Waals surface area contributed by atoms with E-state index in [2.05, 4.69) is 58.4 Å². The molecule has 0 radical (unpaired) electrons. The maximum absolute atomic E-state index is 11.9. The predicted molar refractivity (Wildman–Crippen MR) is 113 cm³/mol. The van der Waals surface area contributed by atoms with Crippen LogP contribution in [-0.4, -0.2) is 23.3 Å². The fourth-order valence-corrected chi connectivity index (χ4v) is 3.37. The summed E-state index contributed by atoms with van der Waals surface area (Å²) >= 11 is 0. The van der Waals surface area contributed by atoms with Crippen molar-refractivity contribution in [3.63, 3.8) is 0 Å². The summed E-state index contributed by atoms with van der Waals surface area (Å²) in [4.78, 5) is 11.9. The third-order valence-corrected chi connectivity index (χ3v) is 4.63. The number of amides is 1. The van der Waals surface area contributed by atoms with E-state index in [1.54, 1.807) is 18.3 Å². The number of hydrazone groups is 1. The maximum atomic E-state index is 11.9. The van der Waals surface area contributed by atoms with E-state index in [4.69, 9.17) is 4.74 Å². The quantitative estimate of drug-likeness (QED) is 0.405. The maximum Gasteiger partial charge on any atom is 0.277 e. The Labute approximate surface area is 163 Å². The lowest BCUT2D eigenvalue weighted by molar-refractivity contribution is -0.123. The number of aryl methyl sites for hydroxylation is 1. The first-order chi connectivity index (χ1) is 13.8. The van der Waals surface area contributed by atoms with Crippen LogP contribution < -0.4 is 10.2 Å². The van der Waals surface area contributed by atoms with Crippen LogP contribution in [0.3, 0.4) is 0 Å². The highest BCUT2D eigenvalue weighted by molar-refractivity contribution is 6.09. The van der Waals surface area contributed by atoms with E-state index >= 15 is 0 Å². The number of ether oxygens (including phenoxy) is 1. The van der Waals surface area contributed by atoms with Gasteiger partial charge in [0.2, 0.25) is 0 Å². The minimum atomic E-state index is -0.302. The molecule has 1 aromatic heterocycles. The van der Waals surface area contributed by atoms with Crippen molar-refractivity contribution in [3.8, 4) is 5.75 Å². The second-order valence-electron chi connectivity index (χ2n) is 6.43. The number of benzene rings is 3. The van der Waals surface area contributed by atoms with Gasteiger partial charge in [0.05, 0.1) is 6.21 Å². The first kappa shape index (κ1) is 17.8. The zero-order chi connectivity index (χ0) is 19.3. The Morgan fingerprint density at radius 2 is 1.75 bits per heavy atom. The number of carbonyl (C=O) groups excluding carboxylic acids is 1. The molecule has 1 amide bonds. The van der Waals surface area contributed by atoms with Crippen molar-refractivity contribution in [2.24, 2.45) is 5.10 Å². The van der Waals surface area contributed by atoms with Gasteiger partial charge in [0.1, 0.15) is 5.75 Å². The van der Waals surface area contributed by atoms with Gasteiger partial charge in [-0.25, -0.2) is 5.43 Å². The van der Waals surface area contributed by atoms with Crippen molar-refractivity contribution >= 4 is 33.9 Å². The fraction of sp³-hybridized carbons (Fsp3) is 0.130. The van der Waals surface area contributed by atoms with Gasteiger partial charge in [-0.1, -0.05) is 42.5 Å². The van der Waals surface area contributed by atoms with Crippen LogP contribution in [0, 0.1) is 0 Å². The van der Waals surface area contributed by atoms with Crippen molar-refractivity contribution in [1.29, 1.82) is 0 Å². The van der Waals surface area contributed by atoms with Gasteiger partial charge in [0.15, 0.2) is 6.61 Å². The molecule has 1 heterocycles. The minimum absolute atomic E-state index is 0.0790. The predicted octanol–water partition coefficient (Wildman–Crippen LogP) is 4.34. The molecule has 0 spiro atoms. The molecule has 0 bridgehead atoms. The van der Waals surface area contributed by atoms with Crippen LogP contribution in [0.25, 0.3) is 21.8 Å². The third-order valence-electron chi connectivity index (χ3n) is 4.63. The summed E-state index contributed by atoms with van der Waals surface area (Å²) in [6.45, 7) is 2.98. The van der Waals surface area contributed by atoms with Gasteiger partial charge in [-0.15, -0.1) is 0 Å². The number of para-hydroxylation sites is 2. The lowest BCUT2D eigenvalue weighted by atomic mass is 10.1. The standard InChI is InChI=1S/C23H21N3O2/c1-2-26-21-11-7-6-10-19(21)20-14-17(12-13-22(20)26)15-24-25-23(27)16-28-18-8-4-3-5-9-18/h3-15H,2,16H2,1H3,(H,25,27). The molecule has 4 aromatic rings. The number of hydrogen-bond acceptors (Lipinski definition) is 3. The highest BCUT2D eigenvalue weighted by atomic mass is 16.5. The Hall–Kier alpha value is -3.60. The van der Waals surface area contributed by atoms with Gasteiger partial charge in [-0.2, -0.15) is 5.10 Å². The average molecular weight is 371 g/mol. The van der Waals surface area contributed by atoms with Crippen molar-refractivity contribution in [2.75, 3.05) is 6.61 Å². The van der Waals surface area contributed by atoms with Crippen molar-refractivity contribution in [2.45, 2.75) is 13.5 Å². The molecule has 0 aliphatic rings. The molecule has 140 valence electrons. The third kappa shape index (κ3) is 3.60. The largest absolute Gasteiger partial charge is 0.484 e. The molecule has 0 saturated carbocycles. The second-order valence-corrected chi connectivity index (χ2v) is 6.43. The van der Waals surface area contributed by atoms with Gasteiger partial charge < -0.3 is 9.30 Å². The summed E-state index contributed by atoms with van der Waals surface area (Å²) in [7, 11) is 0. The molecule has 5 nitrogen and oxygen atoms in total. The molecule has 0 atom stereocenters. The molecular weight excluding hydrogens is 350 g/mol. The number of nitrogens with one attached hydrogen (secondary N) is 1. The number of rotatable bonds is 6. The summed E-state index contributed by atoms with van der Waals surface area (Å²) < 4.78 is 7.70. The number of carbonyl (C=O) groups is 1. The monoisotopic (exact) mass is 371 g/mol. The molecule has 3 aromatic carbocycles. The lowest BCUT2D eigenvalue weighted by Gasteiger charge is -2.04. The normalized spacial score (nSPS) is 11.3. The van der Waals surface area contributed by atoms with Crippen LogP contribution in [0.2, 0.25) is 0 Å². The second kappa shape index (κ2) is 7.96. The smallest absolute Gasteiger partial charge is 0.277 e. The van der Waals surface area contributed by atoms with Crippen molar-refractivity contribution in [3.05, 3.63) is 78.4 Å². The Morgan fingerprint density at radius 3 is 2.57 bits per heavy atom. The molecule has 5 heteroatoms. The average Bonchev–Trinajstić information content (AvgIpc) is 3.06. The van der Waals surface area contributed by atoms with E-state index in [-0.39, 0.29) is 12.5 Å². The summed E-state index contributed by atoms with van der Waals surface area (Å²) in [6, 6.07) is 23.8. The van der Waals surface area contributed by atoms with Crippen LogP contribution in [-0.2, 0) is 11.3 Å². The molecule has 28 heavy (non-hydrogen) atoms. The van der Waals surface area contributed by atoms with E-state index in [0.29, 0.717) is 5.75 Å². The van der Waals surface area contributed by atoms with Gasteiger partial charge in [0.25, 0.3) is 5.91 Å². The van der Waals surface area contributed by atoms with Crippen molar-refractivity contribution in [1.82, 2.24) is 9.99 Å². The zero-order valence-electron chi connectivity index (χ0n) is 15.6. The Bertz CT molecular complexity index is 1150. The molecule has 0 aliphatic heterocycles. The van der Waals surface area contributed by atoms with Gasteiger partial charge in [0, 0.05) is 28.4 Å². The summed E-state index contributed by atoms with van der Waals surface area (Å²) in [6.07, 6.45) is 1.65. The summed E-state index contributed by atoms with van der Waals surface area (Å²) in [5, 5.41) is 6.45. The summed E-state index contributed by atoms with van der Waals surface area (Å²) in [5.41, 5.74) is 5.85. The number of nitrogens with zero attached hydrogens (tertiary/aromatic N) is 2. The van der Waals surface area contributed by atoms with Crippen LogP contribution >= 0.6 is 0 Å². The molecule has 0 aliphatic carbocycles. The number of hydrogen-bond donors (Lipinski definition) is 1. The Balaban J connectivity index is 1.47. The van der Waals surface area contributed by atoms with E-state index in [1.165, 1.54) is 21.8 Å². The Kier molecular flexibility index (Phi) is 5.06. The highest BCUT2D eigenvalue weighted by Crippen LogP contribution is 2.29. The van der Waals surface area contributed by atoms with E-state index < -0.39 is 0 Å². The topological polar surface area (TPSA) is 55.6 Å². The van der Waals surface area contributed by atoms with Crippen molar-refractivity contribution < 1.29 is 9.53 Å². The lowest BCUT2D eigenvalue weighted by Crippen LogP contribution is -2.24. The first-order valence-electron chi connectivity index (χ1n) is 9.27. The number of fused-ring (bicyclic) bond motifs is 3. The van der Waals surface area contributed by atoms with Gasteiger partial charge in [-0.3, -0.25) is 4.79 Å². The van der Waals surface area contributed by atoms with Gasteiger partial charge >= 0.3 is 0 Å². The van der Waals surface area contributed by atoms with Crippen LogP contribution in [0.15, 0.2) is 77.9 Å². The number of aromatic nitrogens is 1. The van der Waals surface area contributed by atoms with Gasteiger partial charge in [-0.05, 0) is 42.8 Å². The molecular formula is C23H21N3O2. The van der Waals surface area contributed by atoms with E-state index in [1.807, 2.05) is 24.3 Å². The van der Waals surface area contributed by atoms with E-state index in [0.717, 1.165) is 12.1 Å². The highest BCUT2D eigenvalue weighted by Gasteiger charge is 2.09. The van der Waals surface area contributed by atoms with Crippen LogP contribution in [0.4, 0.5) is 0 Å². The molecule has 1 N–H and O–H groups in total. The molecule has 0 unspecified atom stereocenters. The van der Waals surface area contributed by atoms with E-state index in [9.17, 15) is 4.79 Å². The molecule has 0 fully saturated rings. The minimum Gasteiger partial charge on any atom is -0.484 e. The SMILES string of the molecule is CCn1c2ccccc2c2cc(C=NNC(=O)COc3ccccc3)ccc21. The summed E-state index contributed by atoms with van der Waals surface area (Å²) in [5.74, 6) is 0.350.